The fourth-order valence-corrected chi connectivity index (χ4v) is 6.96. The molecule has 7 heavy (non-hydrogen) atoms. The van der Waals surface area contributed by atoms with Crippen molar-refractivity contribution in [1.29, 1.82) is 0 Å². The minimum atomic E-state index is 0.131. The summed E-state index contributed by atoms with van der Waals surface area (Å²) in [5, 5.41) is 0. The number of hydrogen-bond acceptors (Lipinski definition) is 0. The van der Waals surface area contributed by atoms with E-state index in [-0.39, 0.29) is 5.45 Å². The Balaban J connectivity index is 3.04. The van der Waals surface area contributed by atoms with E-state index in [0.717, 1.165) is 0 Å². The molecule has 0 saturated heterocycles. The van der Waals surface area contributed by atoms with Crippen molar-refractivity contribution in [2.75, 3.05) is 0 Å². The van der Waals surface area contributed by atoms with E-state index >= 15 is 0 Å². The first-order valence-electron chi connectivity index (χ1n) is 1.77. The summed E-state index contributed by atoms with van der Waals surface area (Å²) < 4.78 is 0. The van der Waals surface area contributed by atoms with Gasteiger partial charge in [0.2, 0.25) is 0 Å². The van der Waals surface area contributed by atoms with Gasteiger partial charge in [-0.1, -0.05) is 0 Å². The van der Waals surface area contributed by atoms with Crippen molar-refractivity contribution in [2.24, 2.45) is 0 Å². The molecule has 0 saturated carbocycles. The molecule has 0 bridgehead atoms. The molecule has 1 rings (SSSR count). The molecule has 36 valence electrons. The van der Waals surface area contributed by atoms with Crippen LogP contribution in [0.5, 0.6) is 0 Å². The van der Waals surface area contributed by atoms with E-state index < -0.39 is 0 Å². The minimum absolute atomic E-state index is 0.131. The second-order valence-electron chi connectivity index (χ2n) is 0.998. The van der Waals surface area contributed by atoms with Crippen LogP contribution in [0.4, 0.5) is 0 Å². The van der Waals surface area contributed by atoms with Crippen molar-refractivity contribution in [3.05, 3.63) is 11.9 Å². The summed E-state index contributed by atoms with van der Waals surface area (Å²) in [5.74, 6) is 4.42. The summed E-state index contributed by atoms with van der Waals surface area (Å²) in [5.41, 5.74) is 0.131. The Morgan fingerprint density at radius 1 is 1.57 bits per heavy atom. The van der Waals surface area contributed by atoms with E-state index in [4.69, 9.17) is 0 Å². The topological polar surface area (TPSA) is 0 Å². The molecule has 0 amide bonds. The van der Waals surface area contributed by atoms with Gasteiger partial charge < -0.3 is 0 Å². The maximum absolute atomic E-state index is 3.12. The van der Waals surface area contributed by atoms with E-state index in [1.165, 1.54) is 15.4 Å². The molecule has 0 aromatic heterocycles. The van der Waals surface area contributed by atoms with Crippen molar-refractivity contribution in [3.63, 3.8) is 0 Å². The molecule has 4 heteroatoms. The van der Waals surface area contributed by atoms with Crippen LogP contribution in [0.15, 0.2) is 11.9 Å². The third-order valence-corrected chi connectivity index (χ3v) is 10.6. The third-order valence-electron chi connectivity index (χ3n) is 0.506. The van der Waals surface area contributed by atoms with Gasteiger partial charge in [0, 0.05) is 0 Å². The van der Waals surface area contributed by atoms with E-state index in [9.17, 15) is 0 Å². The second-order valence-corrected chi connectivity index (χ2v) is 11.0. The van der Waals surface area contributed by atoms with Gasteiger partial charge in [-0.3, -0.25) is 0 Å². The summed E-state index contributed by atoms with van der Waals surface area (Å²) in [6.07, 6.45) is 2.14. The van der Waals surface area contributed by atoms with Gasteiger partial charge in [0.25, 0.3) is 0 Å². The molecular weight excluding hydrogens is 208 g/mol. The van der Waals surface area contributed by atoms with E-state index in [1.54, 1.807) is 0 Å². The molecule has 0 fully saturated rings. The fourth-order valence-electron chi connectivity index (χ4n) is 0.261. The van der Waals surface area contributed by atoms with Crippen molar-refractivity contribution >= 4 is 41.8 Å². The zero-order valence-electron chi connectivity index (χ0n) is 3.48. The number of allylic oxidation sites excluding steroid dienone is 1. The van der Waals surface area contributed by atoms with Crippen LogP contribution in [-0.2, 0) is 0 Å². The summed E-state index contributed by atoms with van der Waals surface area (Å²) in [7, 11) is 2.99. The molecule has 1 aliphatic rings. The molecule has 1 atom stereocenters. The maximum atomic E-state index is 3.12. The predicted octanol–water partition coefficient (Wildman–Crippen LogP) is 2.60. The van der Waals surface area contributed by atoms with Gasteiger partial charge in [-0.05, 0) is 0 Å². The molecule has 1 unspecified atom stereocenters. The molecular formula is C3H3P3Se. The van der Waals surface area contributed by atoms with E-state index in [2.05, 4.69) is 32.8 Å². The van der Waals surface area contributed by atoms with Crippen molar-refractivity contribution in [1.82, 2.24) is 0 Å². The predicted molar refractivity (Wildman–Crippen MR) is 41.7 cm³/mol. The number of hydrogen-bond donors (Lipinski definition) is 0. The van der Waals surface area contributed by atoms with Crippen LogP contribution in [0.2, 0.25) is 0 Å². The fraction of sp³-hybridized carbons (Fsp3) is 0. The van der Waals surface area contributed by atoms with Gasteiger partial charge in [0.15, 0.2) is 0 Å². The standard InChI is InChI=1S/C3H3P3Se/c7-6-3-1-2-4-5-6/h1-3H. The van der Waals surface area contributed by atoms with Gasteiger partial charge >= 0.3 is 53.7 Å². The van der Waals surface area contributed by atoms with Crippen LogP contribution in [0, 0.1) is 0 Å². The Hall–Kier alpha value is 1.03. The first-order valence-corrected chi connectivity index (χ1v) is 8.66. The molecule has 1 aliphatic heterocycles. The monoisotopic (exact) mass is 212 g/mol. The summed E-state index contributed by atoms with van der Waals surface area (Å²) in [6.45, 7) is 0. The molecule has 0 spiro atoms. The first-order chi connectivity index (χ1) is 3.39. The zero-order chi connectivity index (χ0) is 5.11. The molecule has 0 aromatic carbocycles. The normalized spacial score (nSPS) is 26.6. The second kappa shape index (κ2) is 3.13. The van der Waals surface area contributed by atoms with E-state index in [1.807, 2.05) is 0 Å². The van der Waals surface area contributed by atoms with Crippen LogP contribution < -0.4 is 0 Å². The zero-order valence-corrected chi connectivity index (χ0v) is 7.88. The van der Waals surface area contributed by atoms with Crippen molar-refractivity contribution in [3.8, 4) is 0 Å². The number of rotatable bonds is 0. The Morgan fingerprint density at radius 2 is 2.43 bits per heavy atom. The van der Waals surface area contributed by atoms with Crippen LogP contribution in [-0.4, -0.2) is 20.9 Å². The van der Waals surface area contributed by atoms with Crippen molar-refractivity contribution < 1.29 is 0 Å². The molecule has 0 nitrogen and oxygen atoms in total. The Kier molecular flexibility index (Phi) is 2.76. The molecule has 1 heterocycles. The molecule has 0 N–H and O–H groups in total. The van der Waals surface area contributed by atoms with E-state index in [0.29, 0.717) is 0 Å². The van der Waals surface area contributed by atoms with Gasteiger partial charge in [0.05, 0.1) is 0 Å². The molecule has 0 radical (unpaired) electrons. The third kappa shape index (κ3) is 2.18. The van der Waals surface area contributed by atoms with Crippen LogP contribution in [0.25, 0.3) is 0 Å². The summed E-state index contributed by atoms with van der Waals surface area (Å²) in [6, 6.07) is 0. The molecule has 0 aliphatic carbocycles. The summed E-state index contributed by atoms with van der Waals surface area (Å²) in [4.78, 5) is 0. The average Bonchev–Trinajstić information content (AvgIpc) is 1.69. The molecule has 0 aromatic rings. The van der Waals surface area contributed by atoms with Crippen LogP contribution in [0.1, 0.15) is 0 Å². The Morgan fingerprint density at radius 3 is 2.71 bits per heavy atom. The van der Waals surface area contributed by atoms with Crippen LogP contribution in [0.3, 0.4) is 0 Å². The van der Waals surface area contributed by atoms with Crippen LogP contribution >= 0.6 is 20.9 Å². The van der Waals surface area contributed by atoms with Gasteiger partial charge in [-0.2, -0.15) is 0 Å². The average molecular weight is 211 g/mol. The van der Waals surface area contributed by atoms with Gasteiger partial charge in [-0.15, -0.1) is 0 Å². The first kappa shape index (κ1) is 6.15. The Labute approximate surface area is 54.0 Å². The van der Waals surface area contributed by atoms with Gasteiger partial charge in [0.1, 0.15) is 0 Å². The quantitative estimate of drug-likeness (QED) is 0.426. The summed E-state index contributed by atoms with van der Waals surface area (Å²) >= 11 is 3.12. The Bertz CT molecular complexity index is 184. The van der Waals surface area contributed by atoms with Gasteiger partial charge in [-0.25, -0.2) is 0 Å². The van der Waals surface area contributed by atoms with Crippen molar-refractivity contribution in [2.45, 2.75) is 0 Å². The SMILES string of the molecule is [Se]=P1=PP=CC=C1.